The Bertz CT molecular complexity index is 702. The van der Waals surface area contributed by atoms with Gasteiger partial charge in [0, 0.05) is 0 Å². The van der Waals surface area contributed by atoms with Gasteiger partial charge in [-0.1, -0.05) is 31.2 Å². The Kier molecular flexibility index (Phi) is 2.29. The average molecular weight is 222 g/mol. The molecule has 0 spiro atoms. The molecule has 0 saturated carbocycles. The molecule has 0 unspecified atom stereocenters. The van der Waals surface area contributed by atoms with Gasteiger partial charge in [0.1, 0.15) is 0 Å². The van der Waals surface area contributed by atoms with Crippen LogP contribution in [0.4, 0.5) is 0 Å². The number of hydrogen-bond acceptors (Lipinski definition) is 2. The summed E-state index contributed by atoms with van der Waals surface area (Å²) in [6, 6.07) is 12.3. The monoisotopic (exact) mass is 222 g/mol. The van der Waals surface area contributed by atoms with Crippen LogP contribution >= 0.6 is 0 Å². The zero-order valence-electron chi connectivity index (χ0n) is 10.1. The molecule has 0 radical (unpaired) electrons. The van der Waals surface area contributed by atoms with Crippen molar-refractivity contribution < 1.29 is 0 Å². The van der Waals surface area contributed by atoms with Gasteiger partial charge in [0.25, 0.3) is 0 Å². The molecule has 17 heavy (non-hydrogen) atoms. The van der Waals surface area contributed by atoms with Gasteiger partial charge in [-0.3, -0.25) is 0 Å². The number of hydrogen-bond donors (Lipinski definition) is 0. The van der Waals surface area contributed by atoms with Crippen LogP contribution < -0.4 is 0 Å². The Hall–Kier alpha value is -1.96. The Morgan fingerprint density at radius 3 is 2.18 bits per heavy atom. The molecule has 3 aromatic rings. The molecular weight excluding hydrogens is 208 g/mol. The fourth-order valence-corrected chi connectivity index (χ4v) is 2.17. The predicted octanol–water partition coefficient (Wildman–Crippen LogP) is 3.65. The van der Waals surface area contributed by atoms with Crippen LogP contribution in [0.1, 0.15) is 18.1 Å². The summed E-state index contributed by atoms with van der Waals surface area (Å²) >= 11 is 0. The zero-order valence-corrected chi connectivity index (χ0v) is 10.1. The van der Waals surface area contributed by atoms with Crippen molar-refractivity contribution in [3.05, 3.63) is 47.5 Å². The smallest absolute Gasteiger partial charge is 0.0929 e. The lowest BCUT2D eigenvalue weighted by Gasteiger charge is -2.07. The van der Waals surface area contributed by atoms with E-state index < -0.39 is 0 Å². The lowest BCUT2D eigenvalue weighted by Crippen LogP contribution is -1.94. The van der Waals surface area contributed by atoms with E-state index in [4.69, 9.17) is 9.97 Å². The van der Waals surface area contributed by atoms with Crippen LogP contribution in [-0.2, 0) is 6.42 Å². The Labute approximate surface area is 100 Å². The lowest BCUT2D eigenvalue weighted by molar-refractivity contribution is 1.14. The van der Waals surface area contributed by atoms with Crippen molar-refractivity contribution in [3.8, 4) is 0 Å². The highest BCUT2D eigenvalue weighted by Gasteiger charge is 2.07. The highest BCUT2D eigenvalue weighted by Crippen LogP contribution is 2.22. The van der Waals surface area contributed by atoms with Gasteiger partial charge in [0.05, 0.1) is 22.1 Å². The summed E-state index contributed by atoms with van der Waals surface area (Å²) in [5, 5.41) is 0. The van der Waals surface area contributed by atoms with E-state index in [1.165, 1.54) is 11.1 Å². The minimum Gasteiger partial charge on any atom is -0.244 e. The molecule has 1 aromatic heterocycles. The van der Waals surface area contributed by atoms with Gasteiger partial charge in [0.2, 0.25) is 0 Å². The van der Waals surface area contributed by atoms with Crippen LogP contribution in [0.2, 0.25) is 0 Å². The van der Waals surface area contributed by atoms with E-state index >= 15 is 0 Å². The van der Waals surface area contributed by atoms with Gasteiger partial charge in [-0.2, -0.15) is 0 Å². The molecule has 0 fully saturated rings. The van der Waals surface area contributed by atoms with Crippen LogP contribution in [0, 0.1) is 6.92 Å². The van der Waals surface area contributed by atoms with E-state index in [9.17, 15) is 0 Å². The number of aryl methyl sites for hydroxylation is 2. The van der Waals surface area contributed by atoms with Crippen molar-refractivity contribution in [2.45, 2.75) is 20.3 Å². The topological polar surface area (TPSA) is 25.8 Å². The minimum atomic E-state index is 0.969. The van der Waals surface area contributed by atoms with Crippen molar-refractivity contribution >= 4 is 22.1 Å². The summed E-state index contributed by atoms with van der Waals surface area (Å²) in [6.07, 6.45) is 0.990. The summed E-state index contributed by atoms with van der Waals surface area (Å²) in [4.78, 5) is 9.47. The Morgan fingerprint density at radius 1 is 0.882 bits per heavy atom. The van der Waals surface area contributed by atoms with Crippen molar-refractivity contribution in [3.63, 3.8) is 0 Å². The quantitative estimate of drug-likeness (QED) is 0.587. The van der Waals surface area contributed by atoms with E-state index in [2.05, 4.69) is 26.0 Å². The number of rotatable bonds is 1. The third-order valence-corrected chi connectivity index (χ3v) is 3.16. The first kappa shape index (κ1) is 10.2. The standard InChI is InChI=1S/C15H14N2/c1-3-11-9-8-10(2)14-15(11)17-13-7-5-4-6-12(13)16-14/h4-9H,3H2,1-2H3. The molecule has 0 aliphatic rings. The number of aromatic nitrogens is 2. The number of fused-ring (bicyclic) bond motifs is 2. The molecule has 0 N–H and O–H groups in total. The number of nitrogens with zero attached hydrogens (tertiary/aromatic N) is 2. The largest absolute Gasteiger partial charge is 0.244 e. The van der Waals surface area contributed by atoms with Gasteiger partial charge in [-0.15, -0.1) is 0 Å². The molecule has 0 aliphatic heterocycles. The van der Waals surface area contributed by atoms with E-state index in [-0.39, 0.29) is 0 Å². The highest BCUT2D eigenvalue weighted by molar-refractivity contribution is 5.89. The Balaban J connectivity index is 2.50. The molecule has 0 saturated heterocycles. The van der Waals surface area contributed by atoms with Gasteiger partial charge < -0.3 is 0 Å². The molecular formula is C15H14N2. The second kappa shape index (κ2) is 3.81. The first-order chi connectivity index (χ1) is 8.29. The highest BCUT2D eigenvalue weighted by atomic mass is 14.8. The fraction of sp³-hybridized carbons (Fsp3) is 0.200. The summed E-state index contributed by atoms with van der Waals surface area (Å²) in [5.41, 5.74) is 6.48. The first-order valence-electron chi connectivity index (χ1n) is 5.94. The van der Waals surface area contributed by atoms with Crippen molar-refractivity contribution in [2.75, 3.05) is 0 Å². The second-order valence-corrected chi connectivity index (χ2v) is 4.30. The van der Waals surface area contributed by atoms with Crippen molar-refractivity contribution in [2.24, 2.45) is 0 Å². The maximum absolute atomic E-state index is 4.75. The molecule has 0 atom stereocenters. The fourth-order valence-electron chi connectivity index (χ4n) is 2.17. The van der Waals surface area contributed by atoms with Crippen molar-refractivity contribution in [1.82, 2.24) is 9.97 Å². The van der Waals surface area contributed by atoms with E-state index in [1.807, 2.05) is 24.3 Å². The van der Waals surface area contributed by atoms with Crippen LogP contribution in [0.25, 0.3) is 22.1 Å². The predicted molar refractivity (Wildman–Crippen MR) is 71.2 cm³/mol. The first-order valence-corrected chi connectivity index (χ1v) is 5.94. The maximum atomic E-state index is 4.75. The molecule has 2 nitrogen and oxygen atoms in total. The van der Waals surface area contributed by atoms with E-state index in [0.717, 1.165) is 28.5 Å². The third-order valence-electron chi connectivity index (χ3n) is 3.16. The normalized spacial score (nSPS) is 11.2. The molecule has 0 aliphatic carbocycles. The van der Waals surface area contributed by atoms with Crippen LogP contribution in [0.5, 0.6) is 0 Å². The molecule has 3 rings (SSSR count). The van der Waals surface area contributed by atoms with Crippen LogP contribution in [-0.4, -0.2) is 9.97 Å². The number of para-hydroxylation sites is 2. The summed E-state index contributed by atoms with van der Waals surface area (Å²) < 4.78 is 0. The van der Waals surface area contributed by atoms with Gasteiger partial charge in [-0.05, 0) is 36.6 Å². The SMILES string of the molecule is CCc1ccc(C)c2nc3ccccc3nc12. The van der Waals surface area contributed by atoms with Crippen LogP contribution in [0.3, 0.4) is 0 Å². The second-order valence-electron chi connectivity index (χ2n) is 4.30. The lowest BCUT2D eigenvalue weighted by atomic mass is 10.1. The summed E-state index contributed by atoms with van der Waals surface area (Å²) in [5.74, 6) is 0. The molecule has 1 heterocycles. The van der Waals surface area contributed by atoms with E-state index in [0.29, 0.717) is 0 Å². The van der Waals surface area contributed by atoms with Crippen LogP contribution in [0.15, 0.2) is 36.4 Å². The Morgan fingerprint density at radius 2 is 1.53 bits per heavy atom. The van der Waals surface area contributed by atoms with Gasteiger partial charge in [-0.25, -0.2) is 9.97 Å². The average Bonchev–Trinajstić information content (AvgIpc) is 2.38. The summed E-state index contributed by atoms with van der Waals surface area (Å²) in [7, 11) is 0. The molecule has 0 amide bonds. The molecule has 2 heteroatoms. The summed E-state index contributed by atoms with van der Waals surface area (Å²) in [6.45, 7) is 4.24. The van der Waals surface area contributed by atoms with Gasteiger partial charge in [0.15, 0.2) is 0 Å². The molecule has 2 aromatic carbocycles. The van der Waals surface area contributed by atoms with Gasteiger partial charge >= 0.3 is 0 Å². The minimum absolute atomic E-state index is 0.969. The zero-order chi connectivity index (χ0) is 11.8. The molecule has 0 bridgehead atoms. The maximum Gasteiger partial charge on any atom is 0.0929 e. The van der Waals surface area contributed by atoms with Crippen molar-refractivity contribution in [1.29, 1.82) is 0 Å². The van der Waals surface area contributed by atoms with E-state index in [1.54, 1.807) is 0 Å². The molecule has 84 valence electrons. The number of benzene rings is 2. The third kappa shape index (κ3) is 1.57.